The number of nitrogens with one attached hydrogen (secondary N) is 1. The van der Waals surface area contributed by atoms with Gasteiger partial charge >= 0.3 is 0 Å². The summed E-state index contributed by atoms with van der Waals surface area (Å²) in [6, 6.07) is 15.9. The van der Waals surface area contributed by atoms with Crippen LogP contribution in [0.15, 0.2) is 54.6 Å². The van der Waals surface area contributed by atoms with E-state index in [0.29, 0.717) is 48.5 Å². The fourth-order valence-electron chi connectivity index (χ4n) is 10.5. The standard InChI is InChI=1S/C45H48ClFN8O5/c1-28-26-45(27-54(28)32-7-8-37(48-2)35(46)23-32)13-17-50(18-14-45)30-5-3-29(4-6-30)42(58)53-21-19-51(20-22-53)31-11-15-52(16-12-31)39-25-34-33(24-36(39)47)43(59)55(44(34)60)38-9-10-40(56)49-41(38)57/h3-8,23-25,28,31,38H,9-22,26-27H2,1H3,(H,49,56,57). The Morgan fingerprint density at radius 2 is 1.50 bits per heavy atom. The van der Waals surface area contributed by atoms with Crippen LogP contribution in [0.5, 0.6) is 0 Å². The molecule has 3 aromatic carbocycles. The largest absolute Gasteiger partial charge is 0.371 e. The number of carbonyl (C=O) groups excluding carboxylic acids is 5. The van der Waals surface area contributed by atoms with E-state index in [1.165, 1.54) is 6.07 Å². The van der Waals surface area contributed by atoms with E-state index in [0.717, 1.165) is 87.2 Å². The van der Waals surface area contributed by atoms with Crippen molar-refractivity contribution in [1.82, 2.24) is 20.0 Å². The lowest BCUT2D eigenvalue weighted by molar-refractivity contribution is -0.136. The average Bonchev–Trinajstić information content (AvgIpc) is 3.70. The Hall–Kier alpha value is -5.52. The Bertz CT molecular complexity index is 2290. The quantitative estimate of drug-likeness (QED) is 0.245. The van der Waals surface area contributed by atoms with Crippen LogP contribution in [0.2, 0.25) is 5.02 Å². The maximum absolute atomic E-state index is 15.5. The highest BCUT2D eigenvalue weighted by atomic mass is 35.5. The number of hydrogen-bond donors (Lipinski definition) is 1. The monoisotopic (exact) mass is 834 g/mol. The summed E-state index contributed by atoms with van der Waals surface area (Å²) in [5, 5.41) is 2.69. The molecule has 1 N–H and O–H groups in total. The zero-order valence-corrected chi connectivity index (χ0v) is 34.4. The Morgan fingerprint density at radius 3 is 2.15 bits per heavy atom. The van der Waals surface area contributed by atoms with Crippen LogP contribution in [0, 0.1) is 17.8 Å². The lowest BCUT2D eigenvalue weighted by Crippen LogP contribution is -2.54. The molecule has 5 amide bonds. The number of nitrogens with zero attached hydrogens (tertiary/aromatic N) is 7. The van der Waals surface area contributed by atoms with Gasteiger partial charge in [0.25, 0.3) is 17.7 Å². The molecule has 5 saturated heterocycles. The molecule has 0 radical (unpaired) electrons. The third-order valence-electron chi connectivity index (χ3n) is 13.9. The first-order chi connectivity index (χ1) is 28.9. The third-order valence-corrected chi connectivity index (χ3v) is 14.2. The van der Waals surface area contributed by atoms with Crippen molar-refractivity contribution in [2.75, 3.05) is 73.6 Å². The molecule has 6 heterocycles. The van der Waals surface area contributed by atoms with Gasteiger partial charge in [-0.3, -0.25) is 39.1 Å². The molecule has 6 aliphatic heterocycles. The van der Waals surface area contributed by atoms with E-state index >= 15 is 4.39 Å². The minimum Gasteiger partial charge on any atom is -0.371 e. The summed E-state index contributed by atoms with van der Waals surface area (Å²) >= 11 is 6.38. The van der Waals surface area contributed by atoms with E-state index in [1.807, 2.05) is 40.1 Å². The zero-order valence-electron chi connectivity index (χ0n) is 33.7. The van der Waals surface area contributed by atoms with Crippen molar-refractivity contribution < 1.29 is 28.4 Å². The first-order valence-corrected chi connectivity index (χ1v) is 21.4. The van der Waals surface area contributed by atoms with Crippen LogP contribution in [0.1, 0.15) is 82.9 Å². The maximum atomic E-state index is 15.5. The molecule has 3 aromatic rings. The predicted octanol–water partition coefficient (Wildman–Crippen LogP) is 5.74. The van der Waals surface area contributed by atoms with Gasteiger partial charge in [0.2, 0.25) is 17.5 Å². The Morgan fingerprint density at radius 1 is 0.833 bits per heavy atom. The summed E-state index contributed by atoms with van der Waals surface area (Å²) in [6.07, 6.45) is 4.92. The molecule has 5 fully saturated rings. The van der Waals surface area contributed by atoms with E-state index in [1.54, 1.807) is 0 Å². The number of halogens is 2. The van der Waals surface area contributed by atoms with Gasteiger partial charge in [0.15, 0.2) is 0 Å². The normalized spacial score (nSPS) is 23.7. The van der Waals surface area contributed by atoms with Crippen LogP contribution < -0.4 is 20.0 Å². The van der Waals surface area contributed by atoms with Crippen LogP contribution >= 0.6 is 11.6 Å². The molecule has 1 spiro atoms. The lowest BCUT2D eigenvalue weighted by Gasteiger charge is -2.43. The van der Waals surface area contributed by atoms with E-state index in [9.17, 15) is 24.0 Å². The van der Waals surface area contributed by atoms with Crippen molar-refractivity contribution in [2.24, 2.45) is 5.41 Å². The highest BCUT2D eigenvalue weighted by Crippen LogP contribution is 2.46. The molecule has 9 rings (SSSR count). The van der Waals surface area contributed by atoms with Gasteiger partial charge in [-0.1, -0.05) is 17.7 Å². The van der Waals surface area contributed by atoms with Crippen LogP contribution in [-0.2, 0) is 9.59 Å². The molecule has 0 aliphatic carbocycles. The Kier molecular flexibility index (Phi) is 10.5. The predicted molar refractivity (Wildman–Crippen MR) is 225 cm³/mol. The number of benzene rings is 3. The van der Waals surface area contributed by atoms with Crippen LogP contribution in [0.3, 0.4) is 0 Å². The van der Waals surface area contributed by atoms with Gasteiger partial charge in [0, 0.05) is 99.4 Å². The summed E-state index contributed by atoms with van der Waals surface area (Å²) in [4.78, 5) is 79.6. The smallest absolute Gasteiger partial charge is 0.262 e. The second-order valence-corrected chi connectivity index (χ2v) is 17.7. The molecule has 0 bridgehead atoms. The fraction of sp³-hybridized carbons (Fsp3) is 0.467. The third kappa shape index (κ3) is 7.25. The van der Waals surface area contributed by atoms with Gasteiger partial charge in [0.05, 0.1) is 23.4 Å². The molecule has 13 nitrogen and oxygen atoms in total. The number of amides is 5. The van der Waals surface area contributed by atoms with Crippen molar-refractivity contribution in [2.45, 2.75) is 70.0 Å². The zero-order chi connectivity index (χ0) is 41.9. The van der Waals surface area contributed by atoms with Gasteiger partial charge in [-0.25, -0.2) is 9.24 Å². The first-order valence-electron chi connectivity index (χ1n) is 21.0. The number of imide groups is 2. The van der Waals surface area contributed by atoms with Crippen LogP contribution in [0.4, 0.5) is 27.1 Å². The number of anilines is 3. The Labute approximate surface area is 353 Å². The van der Waals surface area contributed by atoms with Crippen molar-refractivity contribution >= 4 is 63.9 Å². The van der Waals surface area contributed by atoms with E-state index in [4.69, 9.17) is 18.2 Å². The van der Waals surface area contributed by atoms with E-state index in [2.05, 4.69) is 43.9 Å². The summed E-state index contributed by atoms with van der Waals surface area (Å²) in [6.45, 7) is 16.4. The highest BCUT2D eigenvalue weighted by molar-refractivity contribution is 6.33. The molecular weight excluding hydrogens is 787 g/mol. The molecule has 312 valence electrons. The SMILES string of the molecule is [C-]#[N+]c1ccc(N2CC3(CCN(c4ccc(C(=O)N5CCN(C6CCN(c7cc8c(cc7F)C(=O)N(C7CCC(=O)NC7=O)C8=O)CC6)CC5)cc4)CC3)CC2C)cc1Cl. The van der Waals surface area contributed by atoms with Crippen molar-refractivity contribution in [3.8, 4) is 0 Å². The summed E-state index contributed by atoms with van der Waals surface area (Å²) in [7, 11) is 0. The average molecular weight is 835 g/mol. The number of carbonyl (C=O) groups is 5. The summed E-state index contributed by atoms with van der Waals surface area (Å²) in [5.74, 6) is -3.09. The molecule has 15 heteroatoms. The lowest BCUT2D eigenvalue weighted by atomic mass is 9.76. The Balaban J connectivity index is 0.745. The topological polar surface area (TPSA) is 121 Å². The van der Waals surface area contributed by atoms with Crippen molar-refractivity contribution in [3.63, 3.8) is 0 Å². The van der Waals surface area contributed by atoms with Gasteiger partial charge < -0.3 is 19.6 Å². The maximum Gasteiger partial charge on any atom is 0.262 e. The molecule has 0 aromatic heterocycles. The van der Waals surface area contributed by atoms with Crippen molar-refractivity contribution in [1.29, 1.82) is 0 Å². The minimum atomic E-state index is -1.10. The van der Waals surface area contributed by atoms with Crippen molar-refractivity contribution in [3.05, 3.63) is 93.5 Å². The second-order valence-electron chi connectivity index (χ2n) is 17.3. The first kappa shape index (κ1) is 39.9. The van der Waals surface area contributed by atoms with Crippen LogP contribution in [0.25, 0.3) is 4.85 Å². The number of rotatable bonds is 6. The molecular formula is C45H48ClFN8O5. The van der Waals surface area contributed by atoms with Gasteiger partial charge in [-0.2, -0.15) is 0 Å². The highest BCUT2D eigenvalue weighted by Gasteiger charge is 2.46. The van der Waals surface area contributed by atoms with Gasteiger partial charge in [-0.05, 0) is 99.4 Å². The molecule has 2 unspecified atom stereocenters. The number of hydrogen-bond acceptors (Lipinski definition) is 9. The number of piperazine rings is 1. The van der Waals surface area contributed by atoms with E-state index in [-0.39, 0.29) is 47.0 Å². The minimum absolute atomic E-state index is 0.0139. The molecule has 0 saturated carbocycles. The number of piperidine rings is 3. The molecule has 60 heavy (non-hydrogen) atoms. The van der Waals surface area contributed by atoms with E-state index < -0.39 is 35.5 Å². The second kappa shape index (κ2) is 15.8. The van der Waals surface area contributed by atoms with Crippen LogP contribution in [-0.4, -0.2) is 121 Å². The van der Waals surface area contributed by atoms with Gasteiger partial charge in [-0.15, -0.1) is 0 Å². The summed E-state index contributed by atoms with van der Waals surface area (Å²) < 4.78 is 15.5. The molecule has 6 aliphatic rings. The summed E-state index contributed by atoms with van der Waals surface area (Å²) in [5.41, 5.74) is 3.88. The number of fused-ring (bicyclic) bond motifs is 1. The van der Waals surface area contributed by atoms with Gasteiger partial charge in [0.1, 0.15) is 11.9 Å². The molecule has 2 atom stereocenters. The fourth-order valence-corrected chi connectivity index (χ4v) is 10.7.